The van der Waals surface area contributed by atoms with Crippen molar-refractivity contribution in [1.82, 2.24) is 15.5 Å². The van der Waals surface area contributed by atoms with Crippen molar-refractivity contribution in [2.24, 2.45) is 0 Å². The molecule has 2 aliphatic heterocycles. The number of hydrogen-bond donors (Lipinski definition) is 3. The molecular weight excluding hydrogens is 452 g/mol. The summed E-state index contributed by atoms with van der Waals surface area (Å²) in [5, 5.41) is 7.87. The van der Waals surface area contributed by atoms with E-state index in [4.69, 9.17) is 9.47 Å². The van der Waals surface area contributed by atoms with Crippen molar-refractivity contribution in [3.8, 4) is 11.5 Å². The second kappa shape index (κ2) is 9.65. The smallest absolute Gasteiger partial charge is 0.325 e. The number of hydrogen-bond acceptors (Lipinski definition) is 6. The van der Waals surface area contributed by atoms with Gasteiger partial charge in [-0.1, -0.05) is 18.2 Å². The van der Waals surface area contributed by atoms with Gasteiger partial charge in [0.1, 0.15) is 12.1 Å². The van der Waals surface area contributed by atoms with Gasteiger partial charge >= 0.3 is 6.03 Å². The highest BCUT2D eigenvalue weighted by molar-refractivity contribution is 6.09. The standard InChI is InChI=1S/C25H28N4O6/c1-15-6-4-7-18(16(15)2)27-21(30)13-26-22(31)14-29-23(32)25(3,28-24(29)33)17-8-9-19-20(12-17)35-11-5-10-34-19/h4,6-9,12H,5,10-11,13-14H2,1-3H3,(H,26,31)(H,27,30)(H,28,33)/t25-/m0/s1. The summed E-state index contributed by atoms with van der Waals surface area (Å²) in [5.74, 6) is -0.558. The van der Waals surface area contributed by atoms with Crippen molar-refractivity contribution in [3.63, 3.8) is 0 Å². The summed E-state index contributed by atoms with van der Waals surface area (Å²) in [6.07, 6.45) is 0.739. The summed E-state index contributed by atoms with van der Waals surface area (Å²) in [5.41, 5.74) is 1.75. The van der Waals surface area contributed by atoms with E-state index in [-0.39, 0.29) is 6.54 Å². The van der Waals surface area contributed by atoms with Gasteiger partial charge in [0, 0.05) is 12.1 Å². The fourth-order valence-corrected chi connectivity index (χ4v) is 3.97. The third-order valence-electron chi connectivity index (χ3n) is 6.23. The van der Waals surface area contributed by atoms with Crippen LogP contribution in [0.3, 0.4) is 0 Å². The van der Waals surface area contributed by atoms with Gasteiger partial charge in [0.25, 0.3) is 5.91 Å². The molecule has 2 aromatic carbocycles. The molecule has 35 heavy (non-hydrogen) atoms. The second-order valence-electron chi connectivity index (χ2n) is 8.73. The van der Waals surface area contributed by atoms with Crippen molar-refractivity contribution < 1.29 is 28.7 Å². The van der Waals surface area contributed by atoms with E-state index >= 15 is 0 Å². The molecule has 2 aliphatic rings. The minimum Gasteiger partial charge on any atom is -0.490 e. The topological polar surface area (TPSA) is 126 Å². The van der Waals surface area contributed by atoms with E-state index in [0.29, 0.717) is 36.0 Å². The maximum Gasteiger partial charge on any atom is 0.325 e. The van der Waals surface area contributed by atoms with Crippen molar-refractivity contribution in [2.45, 2.75) is 32.7 Å². The number of carbonyl (C=O) groups is 4. The van der Waals surface area contributed by atoms with Crippen LogP contribution in [0, 0.1) is 13.8 Å². The lowest BCUT2D eigenvalue weighted by Gasteiger charge is -2.23. The maximum atomic E-state index is 13.2. The molecule has 3 N–H and O–H groups in total. The Balaban J connectivity index is 1.37. The van der Waals surface area contributed by atoms with E-state index in [9.17, 15) is 19.2 Å². The Morgan fingerprint density at radius 3 is 2.57 bits per heavy atom. The molecule has 184 valence electrons. The number of nitrogens with one attached hydrogen (secondary N) is 3. The van der Waals surface area contributed by atoms with Gasteiger partial charge in [-0.15, -0.1) is 0 Å². The second-order valence-corrected chi connectivity index (χ2v) is 8.73. The van der Waals surface area contributed by atoms with Crippen LogP contribution in [0.5, 0.6) is 11.5 Å². The Kier molecular flexibility index (Phi) is 6.63. The Bertz CT molecular complexity index is 1200. The summed E-state index contributed by atoms with van der Waals surface area (Å²) in [4.78, 5) is 51.3. The van der Waals surface area contributed by atoms with Gasteiger partial charge in [0.2, 0.25) is 11.8 Å². The molecule has 1 saturated heterocycles. The van der Waals surface area contributed by atoms with Gasteiger partial charge < -0.3 is 25.4 Å². The van der Waals surface area contributed by atoms with Crippen molar-refractivity contribution in [1.29, 1.82) is 0 Å². The van der Waals surface area contributed by atoms with E-state index in [1.807, 2.05) is 26.0 Å². The molecular formula is C25H28N4O6. The van der Waals surface area contributed by atoms with Crippen LogP contribution in [0.4, 0.5) is 10.5 Å². The molecule has 0 bridgehead atoms. The summed E-state index contributed by atoms with van der Waals surface area (Å²) >= 11 is 0. The van der Waals surface area contributed by atoms with E-state index in [1.54, 1.807) is 31.2 Å². The lowest BCUT2D eigenvalue weighted by molar-refractivity contribution is -0.135. The van der Waals surface area contributed by atoms with Crippen LogP contribution in [0.15, 0.2) is 36.4 Å². The molecule has 2 heterocycles. The number of benzene rings is 2. The lowest BCUT2D eigenvalue weighted by Crippen LogP contribution is -2.44. The molecule has 10 nitrogen and oxygen atoms in total. The van der Waals surface area contributed by atoms with Crippen LogP contribution in [0.1, 0.15) is 30.0 Å². The molecule has 0 aliphatic carbocycles. The number of rotatable bonds is 6. The highest BCUT2D eigenvalue weighted by Gasteiger charge is 2.49. The zero-order valence-corrected chi connectivity index (χ0v) is 19.9. The molecule has 2 aromatic rings. The van der Waals surface area contributed by atoms with E-state index in [0.717, 1.165) is 22.4 Å². The molecule has 10 heteroatoms. The number of urea groups is 1. The van der Waals surface area contributed by atoms with E-state index < -0.39 is 35.8 Å². The highest BCUT2D eigenvalue weighted by Crippen LogP contribution is 2.36. The van der Waals surface area contributed by atoms with Crippen LogP contribution in [-0.4, -0.2) is 55.0 Å². The van der Waals surface area contributed by atoms with E-state index in [2.05, 4.69) is 16.0 Å². The SMILES string of the molecule is Cc1cccc(NC(=O)CNC(=O)CN2C(=O)N[C@@](C)(c3ccc4c(c3)OCCCO4)C2=O)c1C. The lowest BCUT2D eigenvalue weighted by atomic mass is 9.91. The maximum absolute atomic E-state index is 13.2. The number of ether oxygens (including phenoxy) is 2. The molecule has 0 unspecified atom stereocenters. The zero-order valence-electron chi connectivity index (χ0n) is 19.9. The van der Waals surface area contributed by atoms with Gasteiger partial charge in [0.05, 0.1) is 19.8 Å². The van der Waals surface area contributed by atoms with E-state index in [1.165, 1.54) is 0 Å². The first-order valence-electron chi connectivity index (χ1n) is 11.4. The minimum atomic E-state index is -1.37. The first kappa shape index (κ1) is 24.1. The molecule has 0 spiro atoms. The third kappa shape index (κ3) is 4.91. The average Bonchev–Trinajstić information content (AvgIpc) is 2.99. The Hall–Kier alpha value is -4.08. The predicted octanol–water partition coefficient (Wildman–Crippen LogP) is 1.99. The molecule has 1 fully saturated rings. The minimum absolute atomic E-state index is 0.296. The molecule has 4 rings (SSSR count). The van der Waals surface area contributed by atoms with Crippen LogP contribution >= 0.6 is 0 Å². The number of carbonyl (C=O) groups excluding carboxylic acids is 4. The fourth-order valence-electron chi connectivity index (χ4n) is 3.97. The zero-order chi connectivity index (χ0) is 25.2. The quantitative estimate of drug-likeness (QED) is 0.543. The number of anilines is 1. The summed E-state index contributed by atoms with van der Waals surface area (Å²) < 4.78 is 11.3. The molecule has 5 amide bonds. The van der Waals surface area contributed by atoms with Gasteiger partial charge in [-0.25, -0.2) is 4.79 Å². The third-order valence-corrected chi connectivity index (χ3v) is 6.23. The van der Waals surface area contributed by atoms with Crippen LogP contribution < -0.4 is 25.4 Å². The van der Waals surface area contributed by atoms with Gasteiger partial charge in [0.15, 0.2) is 11.5 Å². The van der Waals surface area contributed by atoms with Gasteiger partial charge in [-0.2, -0.15) is 0 Å². The Morgan fingerprint density at radius 2 is 1.80 bits per heavy atom. The largest absolute Gasteiger partial charge is 0.490 e. The van der Waals surface area contributed by atoms with Crippen LogP contribution in [-0.2, 0) is 19.9 Å². The average molecular weight is 481 g/mol. The first-order chi connectivity index (χ1) is 16.7. The summed E-state index contributed by atoms with van der Waals surface area (Å²) in [7, 11) is 0. The molecule has 0 saturated carbocycles. The number of aryl methyl sites for hydroxylation is 1. The van der Waals surface area contributed by atoms with Crippen molar-refractivity contribution in [3.05, 3.63) is 53.1 Å². The predicted molar refractivity (Wildman–Crippen MR) is 127 cm³/mol. The van der Waals surface area contributed by atoms with Crippen LogP contribution in [0.25, 0.3) is 0 Å². The summed E-state index contributed by atoms with van der Waals surface area (Å²) in [6.45, 7) is 5.60. The fraction of sp³-hybridized carbons (Fsp3) is 0.360. The Labute approximate surface area is 203 Å². The monoisotopic (exact) mass is 480 g/mol. The number of fused-ring (bicyclic) bond motifs is 1. The van der Waals surface area contributed by atoms with Crippen molar-refractivity contribution >= 4 is 29.4 Å². The summed E-state index contributed by atoms with van der Waals surface area (Å²) in [6, 6.07) is 9.90. The molecule has 1 atom stereocenters. The molecule has 0 aromatic heterocycles. The Morgan fingerprint density at radius 1 is 1.06 bits per heavy atom. The van der Waals surface area contributed by atoms with Gasteiger partial charge in [-0.05, 0) is 55.7 Å². The highest BCUT2D eigenvalue weighted by atomic mass is 16.5. The van der Waals surface area contributed by atoms with Crippen molar-refractivity contribution in [2.75, 3.05) is 31.6 Å². The number of amides is 5. The van der Waals surface area contributed by atoms with Crippen LogP contribution in [0.2, 0.25) is 0 Å². The molecule has 0 radical (unpaired) electrons. The number of nitrogens with zero attached hydrogens (tertiary/aromatic N) is 1. The normalized spacial score (nSPS) is 19.1. The number of imide groups is 1. The van der Waals surface area contributed by atoms with Gasteiger partial charge in [-0.3, -0.25) is 19.3 Å². The first-order valence-corrected chi connectivity index (χ1v) is 11.4.